The molecule has 1 aliphatic rings. The summed E-state index contributed by atoms with van der Waals surface area (Å²) in [6, 6.07) is 5.94. The number of nitrogens with zero attached hydrogens (tertiary/aromatic N) is 4. The molecule has 1 aromatic carbocycles. The Bertz CT molecular complexity index is 594. The first-order chi connectivity index (χ1) is 9.20. The van der Waals surface area contributed by atoms with Gasteiger partial charge in [-0.1, -0.05) is 24.9 Å². The van der Waals surface area contributed by atoms with Crippen LogP contribution in [0.1, 0.15) is 32.2 Å². The first kappa shape index (κ1) is 12.4. The van der Waals surface area contributed by atoms with Gasteiger partial charge in [-0.15, -0.1) is 5.10 Å². The van der Waals surface area contributed by atoms with Crippen LogP contribution >= 0.6 is 11.6 Å². The zero-order chi connectivity index (χ0) is 13.4. The van der Waals surface area contributed by atoms with Crippen LogP contribution in [0.5, 0.6) is 0 Å². The van der Waals surface area contributed by atoms with Crippen molar-refractivity contribution in [1.29, 1.82) is 0 Å². The molecule has 0 bridgehead atoms. The molecular formula is C13H16ClN5. The fourth-order valence-electron chi connectivity index (χ4n) is 2.49. The van der Waals surface area contributed by atoms with Gasteiger partial charge >= 0.3 is 0 Å². The minimum Gasteiger partial charge on any atom is -0.398 e. The van der Waals surface area contributed by atoms with Crippen LogP contribution in [0.25, 0.3) is 11.4 Å². The van der Waals surface area contributed by atoms with E-state index in [2.05, 4.69) is 22.4 Å². The number of hydrogen-bond acceptors (Lipinski definition) is 4. The molecule has 1 saturated carbocycles. The highest BCUT2D eigenvalue weighted by Crippen LogP contribution is 2.47. The van der Waals surface area contributed by atoms with E-state index in [1.54, 1.807) is 6.07 Å². The summed E-state index contributed by atoms with van der Waals surface area (Å²) in [5.74, 6) is 1.47. The van der Waals surface area contributed by atoms with Gasteiger partial charge in [0.25, 0.3) is 0 Å². The number of rotatable bonds is 4. The van der Waals surface area contributed by atoms with Crippen LogP contribution in [-0.2, 0) is 0 Å². The van der Waals surface area contributed by atoms with Gasteiger partial charge in [-0.3, -0.25) is 0 Å². The second kappa shape index (κ2) is 4.81. The lowest BCUT2D eigenvalue weighted by Gasteiger charge is -2.05. The van der Waals surface area contributed by atoms with Crippen LogP contribution in [-0.4, -0.2) is 20.2 Å². The minimum atomic E-state index is 0.432. The van der Waals surface area contributed by atoms with Gasteiger partial charge in [0.2, 0.25) is 0 Å². The lowest BCUT2D eigenvalue weighted by Crippen LogP contribution is -2.02. The molecule has 0 aliphatic heterocycles. The average molecular weight is 278 g/mol. The second-order valence-corrected chi connectivity index (χ2v) is 5.44. The van der Waals surface area contributed by atoms with E-state index in [1.807, 2.05) is 16.8 Å². The number of halogens is 1. The number of hydrogen-bond donors (Lipinski definition) is 1. The van der Waals surface area contributed by atoms with E-state index in [0.29, 0.717) is 22.7 Å². The second-order valence-electron chi connectivity index (χ2n) is 5.04. The Kier molecular flexibility index (Phi) is 3.14. The predicted octanol–water partition coefficient (Wildman–Crippen LogP) is 2.94. The van der Waals surface area contributed by atoms with E-state index >= 15 is 0 Å². The fourth-order valence-corrected chi connectivity index (χ4v) is 2.67. The third-order valence-electron chi connectivity index (χ3n) is 3.61. The molecule has 1 heterocycles. The molecule has 0 amide bonds. The molecule has 2 aromatic rings. The Hall–Kier alpha value is -1.62. The number of nitrogen functional groups attached to an aromatic ring is 1. The predicted molar refractivity (Wildman–Crippen MR) is 74.7 cm³/mol. The summed E-state index contributed by atoms with van der Waals surface area (Å²) in [6.45, 7) is 2.20. The van der Waals surface area contributed by atoms with E-state index in [0.717, 1.165) is 17.8 Å². The Morgan fingerprint density at radius 2 is 2.32 bits per heavy atom. The topological polar surface area (TPSA) is 69.6 Å². The van der Waals surface area contributed by atoms with Gasteiger partial charge in [0.15, 0.2) is 5.82 Å². The molecule has 2 N–H and O–H groups in total. The van der Waals surface area contributed by atoms with Crippen molar-refractivity contribution < 1.29 is 0 Å². The van der Waals surface area contributed by atoms with Crippen LogP contribution in [0.3, 0.4) is 0 Å². The number of anilines is 1. The van der Waals surface area contributed by atoms with Crippen LogP contribution in [0.2, 0.25) is 5.02 Å². The molecule has 0 radical (unpaired) electrons. The SMILES string of the molecule is CCCC1CC1n1nnnc1-c1ccc(N)c(Cl)c1. The summed E-state index contributed by atoms with van der Waals surface area (Å²) in [5.41, 5.74) is 7.20. The normalized spacial score (nSPS) is 21.6. The highest BCUT2D eigenvalue weighted by molar-refractivity contribution is 6.33. The van der Waals surface area contributed by atoms with Crippen LogP contribution in [0.15, 0.2) is 18.2 Å². The van der Waals surface area contributed by atoms with Gasteiger partial charge in [0, 0.05) is 5.56 Å². The maximum atomic E-state index is 6.05. The van der Waals surface area contributed by atoms with Crippen molar-refractivity contribution in [3.8, 4) is 11.4 Å². The molecule has 0 saturated heterocycles. The summed E-state index contributed by atoms with van der Waals surface area (Å²) in [6.07, 6.45) is 3.59. The number of nitrogens with two attached hydrogens (primary N) is 1. The maximum Gasteiger partial charge on any atom is 0.182 e. The van der Waals surface area contributed by atoms with E-state index in [1.165, 1.54) is 12.8 Å². The van der Waals surface area contributed by atoms with Gasteiger partial charge in [-0.2, -0.15) is 0 Å². The Morgan fingerprint density at radius 1 is 1.47 bits per heavy atom. The van der Waals surface area contributed by atoms with Crippen LogP contribution < -0.4 is 5.73 Å². The van der Waals surface area contributed by atoms with Crippen LogP contribution in [0.4, 0.5) is 5.69 Å². The third kappa shape index (κ3) is 2.30. The lowest BCUT2D eigenvalue weighted by molar-refractivity contribution is 0.548. The fraction of sp³-hybridized carbons (Fsp3) is 0.462. The third-order valence-corrected chi connectivity index (χ3v) is 3.94. The van der Waals surface area contributed by atoms with E-state index < -0.39 is 0 Å². The molecule has 100 valence electrons. The summed E-state index contributed by atoms with van der Waals surface area (Å²) < 4.78 is 1.92. The van der Waals surface area contributed by atoms with Crippen molar-refractivity contribution >= 4 is 17.3 Å². The lowest BCUT2D eigenvalue weighted by atomic mass is 10.2. The first-order valence-electron chi connectivity index (χ1n) is 6.54. The van der Waals surface area contributed by atoms with Crippen molar-refractivity contribution in [1.82, 2.24) is 20.2 Å². The number of aromatic nitrogens is 4. The van der Waals surface area contributed by atoms with Gasteiger partial charge in [0.1, 0.15) is 0 Å². The van der Waals surface area contributed by atoms with E-state index in [4.69, 9.17) is 17.3 Å². The zero-order valence-electron chi connectivity index (χ0n) is 10.8. The molecule has 5 nitrogen and oxygen atoms in total. The Labute approximate surface area is 116 Å². The highest BCUT2D eigenvalue weighted by Gasteiger charge is 2.40. The summed E-state index contributed by atoms with van der Waals surface area (Å²) in [4.78, 5) is 0. The van der Waals surface area contributed by atoms with Crippen molar-refractivity contribution in [3.63, 3.8) is 0 Å². The molecule has 3 rings (SSSR count). The molecular weight excluding hydrogens is 262 g/mol. The summed E-state index contributed by atoms with van der Waals surface area (Å²) in [7, 11) is 0. The van der Waals surface area contributed by atoms with Crippen molar-refractivity contribution in [2.24, 2.45) is 5.92 Å². The zero-order valence-corrected chi connectivity index (χ0v) is 11.5. The number of benzene rings is 1. The smallest absolute Gasteiger partial charge is 0.182 e. The Balaban J connectivity index is 1.90. The van der Waals surface area contributed by atoms with Crippen molar-refractivity contribution in [2.45, 2.75) is 32.2 Å². The molecule has 2 atom stereocenters. The summed E-state index contributed by atoms with van der Waals surface area (Å²) in [5, 5.41) is 12.6. The summed E-state index contributed by atoms with van der Waals surface area (Å²) >= 11 is 6.05. The van der Waals surface area contributed by atoms with Gasteiger partial charge in [-0.25, -0.2) is 4.68 Å². The molecule has 1 aromatic heterocycles. The Morgan fingerprint density at radius 3 is 3.05 bits per heavy atom. The average Bonchev–Trinajstić information content (AvgIpc) is 2.99. The van der Waals surface area contributed by atoms with Crippen molar-refractivity contribution in [3.05, 3.63) is 23.2 Å². The minimum absolute atomic E-state index is 0.432. The van der Waals surface area contributed by atoms with Gasteiger partial charge < -0.3 is 5.73 Å². The standard InChI is InChI=1S/C13H16ClN5/c1-2-3-8-7-12(8)19-13(16-17-18-19)9-4-5-11(15)10(14)6-9/h4-6,8,12H,2-3,7,15H2,1H3. The molecule has 1 aliphatic carbocycles. The highest BCUT2D eigenvalue weighted by atomic mass is 35.5. The maximum absolute atomic E-state index is 6.05. The van der Waals surface area contributed by atoms with Gasteiger partial charge in [0.05, 0.1) is 16.8 Å². The monoisotopic (exact) mass is 277 g/mol. The molecule has 2 unspecified atom stereocenters. The van der Waals surface area contributed by atoms with Crippen LogP contribution in [0, 0.1) is 5.92 Å². The molecule has 0 spiro atoms. The quantitative estimate of drug-likeness (QED) is 0.873. The van der Waals surface area contributed by atoms with Crippen molar-refractivity contribution in [2.75, 3.05) is 5.73 Å². The largest absolute Gasteiger partial charge is 0.398 e. The van der Waals surface area contributed by atoms with E-state index in [9.17, 15) is 0 Å². The van der Waals surface area contributed by atoms with Gasteiger partial charge in [-0.05, 0) is 47.4 Å². The van der Waals surface area contributed by atoms with E-state index in [-0.39, 0.29) is 0 Å². The first-order valence-corrected chi connectivity index (χ1v) is 6.91. The molecule has 19 heavy (non-hydrogen) atoms. The molecule has 1 fully saturated rings. The number of tetrazole rings is 1. The molecule has 6 heteroatoms.